The first-order valence-electron chi connectivity index (χ1n) is 6.79. The third-order valence-electron chi connectivity index (χ3n) is 4.44. The maximum absolute atomic E-state index is 5.55. The predicted molar refractivity (Wildman–Crippen MR) is 67.9 cm³/mol. The summed E-state index contributed by atoms with van der Waals surface area (Å²) in [5.41, 5.74) is 0. The number of furan rings is 1. The van der Waals surface area contributed by atoms with Gasteiger partial charge in [0, 0.05) is 25.2 Å². The van der Waals surface area contributed by atoms with Crippen LogP contribution in [-0.2, 0) is 0 Å². The van der Waals surface area contributed by atoms with Crippen LogP contribution in [0.25, 0.3) is 0 Å². The molecule has 1 aromatic heterocycles. The summed E-state index contributed by atoms with van der Waals surface area (Å²) in [6, 6.07) is 5.90. The Morgan fingerprint density at radius 1 is 1.41 bits per heavy atom. The zero-order chi connectivity index (χ0) is 11.8. The molecular weight excluding hydrogens is 212 g/mol. The van der Waals surface area contributed by atoms with Gasteiger partial charge in [0.2, 0.25) is 0 Å². The Kier molecular flexibility index (Phi) is 2.97. The molecule has 3 rings (SSSR count). The normalized spacial score (nSPS) is 32.6. The van der Waals surface area contributed by atoms with E-state index in [1.54, 1.807) is 6.26 Å². The SMILES string of the molecule is CC1CN2CCCC2CN1C(C)c1ccco1. The van der Waals surface area contributed by atoms with Crippen LogP contribution in [0.2, 0.25) is 0 Å². The van der Waals surface area contributed by atoms with E-state index in [9.17, 15) is 0 Å². The third-order valence-corrected chi connectivity index (χ3v) is 4.44. The summed E-state index contributed by atoms with van der Waals surface area (Å²) in [6.07, 6.45) is 4.52. The topological polar surface area (TPSA) is 19.6 Å². The Bertz CT molecular complexity index is 362. The van der Waals surface area contributed by atoms with Crippen LogP contribution in [0.15, 0.2) is 22.8 Å². The molecule has 2 aliphatic heterocycles. The number of piperazine rings is 1. The smallest absolute Gasteiger partial charge is 0.120 e. The number of hydrogen-bond acceptors (Lipinski definition) is 3. The van der Waals surface area contributed by atoms with Crippen molar-refractivity contribution in [2.75, 3.05) is 19.6 Å². The fourth-order valence-electron chi connectivity index (χ4n) is 3.44. The lowest BCUT2D eigenvalue weighted by Crippen LogP contribution is -2.55. The quantitative estimate of drug-likeness (QED) is 0.784. The maximum atomic E-state index is 5.55. The Balaban J connectivity index is 1.74. The predicted octanol–water partition coefficient (Wildman–Crippen LogP) is 2.51. The Morgan fingerprint density at radius 3 is 3.06 bits per heavy atom. The van der Waals surface area contributed by atoms with Crippen LogP contribution in [0, 0.1) is 0 Å². The highest BCUT2D eigenvalue weighted by atomic mass is 16.3. The van der Waals surface area contributed by atoms with Gasteiger partial charge >= 0.3 is 0 Å². The van der Waals surface area contributed by atoms with Gasteiger partial charge in [-0.15, -0.1) is 0 Å². The molecule has 1 aromatic rings. The van der Waals surface area contributed by atoms with Crippen molar-refractivity contribution in [3.8, 4) is 0 Å². The number of fused-ring (bicyclic) bond motifs is 1. The largest absolute Gasteiger partial charge is 0.468 e. The van der Waals surface area contributed by atoms with Crippen molar-refractivity contribution >= 4 is 0 Å². The lowest BCUT2D eigenvalue weighted by molar-refractivity contribution is 0.0264. The maximum Gasteiger partial charge on any atom is 0.120 e. The van der Waals surface area contributed by atoms with Crippen LogP contribution in [-0.4, -0.2) is 41.5 Å². The molecule has 2 fully saturated rings. The summed E-state index contributed by atoms with van der Waals surface area (Å²) < 4.78 is 5.55. The second-order valence-electron chi connectivity index (χ2n) is 5.53. The average molecular weight is 234 g/mol. The zero-order valence-electron chi connectivity index (χ0n) is 10.8. The van der Waals surface area contributed by atoms with Crippen LogP contribution < -0.4 is 0 Å². The first-order chi connectivity index (χ1) is 8.25. The van der Waals surface area contributed by atoms with Crippen molar-refractivity contribution in [3.05, 3.63) is 24.2 Å². The summed E-state index contributed by atoms with van der Waals surface area (Å²) in [5, 5.41) is 0. The van der Waals surface area contributed by atoms with E-state index in [0.717, 1.165) is 11.8 Å². The van der Waals surface area contributed by atoms with Crippen LogP contribution >= 0.6 is 0 Å². The summed E-state index contributed by atoms with van der Waals surface area (Å²) in [5.74, 6) is 1.10. The van der Waals surface area contributed by atoms with E-state index in [1.807, 2.05) is 6.07 Å². The van der Waals surface area contributed by atoms with Gasteiger partial charge in [-0.1, -0.05) is 0 Å². The molecule has 0 saturated carbocycles. The monoisotopic (exact) mass is 234 g/mol. The standard InChI is InChI=1S/C14H22N2O/c1-11-9-15-7-3-5-13(15)10-16(11)12(2)14-6-4-8-17-14/h4,6,8,11-13H,3,5,7,9-10H2,1-2H3. The molecule has 3 unspecified atom stereocenters. The van der Waals surface area contributed by atoms with E-state index in [-0.39, 0.29) is 0 Å². The highest BCUT2D eigenvalue weighted by molar-refractivity contribution is 5.05. The van der Waals surface area contributed by atoms with Crippen molar-refractivity contribution in [1.82, 2.24) is 9.80 Å². The second-order valence-corrected chi connectivity index (χ2v) is 5.53. The lowest BCUT2D eigenvalue weighted by atomic mass is 10.0. The van der Waals surface area contributed by atoms with Crippen LogP contribution in [0.4, 0.5) is 0 Å². The van der Waals surface area contributed by atoms with E-state index in [0.29, 0.717) is 12.1 Å². The molecule has 0 spiro atoms. The van der Waals surface area contributed by atoms with Crippen molar-refractivity contribution in [2.24, 2.45) is 0 Å². The van der Waals surface area contributed by atoms with Gasteiger partial charge in [-0.05, 0) is 45.4 Å². The molecule has 3 atom stereocenters. The Morgan fingerprint density at radius 2 is 2.29 bits per heavy atom. The van der Waals surface area contributed by atoms with Gasteiger partial charge in [-0.25, -0.2) is 0 Å². The minimum absolute atomic E-state index is 0.405. The van der Waals surface area contributed by atoms with E-state index < -0.39 is 0 Å². The molecule has 0 amide bonds. The first kappa shape index (κ1) is 11.3. The number of hydrogen-bond donors (Lipinski definition) is 0. The van der Waals surface area contributed by atoms with Crippen molar-refractivity contribution in [3.63, 3.8) is 0 Å². The van der Waals surface area contributed by atoms with Gasteiger partial charge in [0.05, 0.1) is 12.3 Å². The minimum atomic E-state index is 0.405. The summed E-state index contributed by atoms with van der Waals surface area (Å²) >= 11 is 0. The first-order valence-corrected chi connectivity index (χ1v) is 6.79. The van der Waals surface area contributed by atoms with Gasteiger partial charge in [0.1, 0.15) is 5.76 Å². The second kappa shape index (κ2) is 4.46. The fourth-order valence-corrected chi connectivity index (χ4v) is 3.44. The molecular formula is C14H22N2O. The van der Waals surface area contributed by atoms with Crippen molar-refractivity contribution < 1.29 is 4.42 Å². The summed E-state index contributed by atoms with van der Waals surface area (Å²) in [6.45, 7) is 8.32. The van der Waals surface area contributed by atoms with Crippen LogP contribution in [0.3, 0.4) is 0 Å². The molecule has 2 aliphatic rings. The zero-order valence-corrected chi connectivity index (χ0v) is 10.8. The molecule has 3 heterocycles. The highest BCUT2D eigenvalue weighted by Crippen LogP contribution is 2.30. The number of nitrogens with zero attached hydrogens (tertiary/aromatic N) is 2. The van der Waals surface area contributed by atoms with Crippen molar-refractivity contribution in [1.29, 1.82) is 0 Å². The van der Waals surface area contributed by atoms with Crippen molar-refractivity contribution in [2.45, 2.75) is 44.8 Å². The lowest BCUT2D eigenvalue weighted by Gasteiger charge is -2.44. The summed E-state index contributed by atoms with van der Waals surface area (Å²) in [7, 11) is 0. The molecule has 0 aliphatic carbocycles. The Labute approximate surface area is 103 Å². The van der Waals surface area contributed by atoms with Gasteiger partial charge in [0.15, 0.2) is 0 Å². The van der Waals surface area contributed by atoms with Gasteiger partial charge in [-0.3, -0.25) is 9.80 Å². The molecule has 3 heteroatoms. The molecule has 3 nitrogen and oxygen atoms in total. The highest BCUT2D eigenvalue weighted by Gasteiger charge is 2.36. The molecule has 2 saturated heterocycles. The molecule has 0 N–H and O–H groups in total. The number of rotatable bonds is 2. The molecule has 0 radical (unpaired) electrons. The third kappa shape index (κ3) is 2.02. The van der Waals surface area contributed by atoms with E-state index in [1.165, 1.54) is 32.5 Å². The fraction of sp³-hybridized carbons (Fsp3) is 0.714. The van der Waals surface area contributed by atoms with E-state index in [4.69, 9.17) is 4.42 Å². The van der Waals surface area contributed by atoms with E-state index >= 15 is 0 Å². The Hall–Kier alpha value is -0.800. The van der Waals surface area contributed by atoms with Gasteiger partial charge in [0.25, 0.3) is 0 Å². The minimum Gasteiger partial charge on any atom is -0.468 e. The van der Waals surface area contributed by atoms with Crippen LogP contribution in [0.5, 0.6) is 0 Å². The van der Waals surface area contributed by atoms with Gasteiger partial charge in [-0.2, -0.15) is 0 Å². The van der Waals surface area contributed by atoms with Gasteiger partial charge < -0.3 is 4.42 Å². The molecule has 0 aromatic carbocycles. The summed E-state index contributed by atoms with van der Waals surface area (Å²) in [4.78, 5) is 5.27. The molecule has 0 bridgehead atoms. The van der Waals surface area contributed by atoms with E-state index in [2.05, 4.69) is 29.7 Å². The molecule has 94 valence electrons. The van der Waals surface area contributed by atoms with Crippen LogP contribution in [0.1, 0.15) is 38.5 Å². The average Bonchev–Trinajstić information content (AvgIpc) is 2.97. The molecule has 17 heavy (non-hydrogen) atoms.